The molecule has 2 aromatic rings. The number of hydrogen-bond donors (Lipinski definition) is 2. The van der Waals surface area contributed by atoms with Crippen LogP contribution < -0.4 is 5.32 Å². The molecule has 20 heavy (non-hydrogen) atoms. The van der Waals surface area contributed by atoms with Crippen molar-refractivity contribution in [1.29, 1.82) is 0 Å². The first-order valence-electron chi connectivity index (χ1n) is 6.84. The van der Waals surface area contributed by atoms with Crippen LogP contribution >= 0.6 is 15.9 Å². The lowest BCUT2D eigenvalue weighted by molar-refractivity contribution is 0.235. The highest BCUT2D eigenvalue weighted by Crippen LogP contribution is 2.31. The molecule has 1 aromatic carbocycles. The highest BCUT2D eigenvalue weighted by atomic mass is 79.9. The van der Waals surface area contributed by atoms with Crippen LogP contribution in [0.4, 0.5) is 5.82 Å². The number of pyridine rings is 1. The third-order valence-corrected chi connectivity index (χ3v) is 4.22. The number of aromatic nitrogens is 1. The molecule has 4 heteroatoms. The van der Waals surface area contributed by atoms with Crippen molar-refractivity contribution in [3.63, 3.8) is 0 Å². The Morgan fingerprint density at radius 1 is 1.25 bits per heavy atom. The molecule has 0 amide bonds. The van der Waals surface area contributed by atoms with Gasteiger partial charge < -0.3 is 10.4 Å². The van der Waals surface area contributed by atoms with E-state index in [1.165, 1.54) is 0 Å². The molecule has 1 heterocycles. The minimum absolute atomic E-state index is 0.0542. The van der Waals surface area contributed by atoms with Gasteiger partial charge >= 0.3 is 0 Å². The van der Waals surface area contributed by atoms with E-state index in [0.29, 0.717) is 6.42 Å². The van der Waals surface area contributed by atoms with Crippen molar-refractivity contribution in [3.05, 3.63) is 34.9 Å². The Morgan fingerprint density at radius 2 is 2.00 bits per heavy atom. The number of fused-ring (bicyclic) bond motifs is 1. The van der Waals surface area contributed by atoms with Crippen LogP contribution in [0.25, 0.3) is 10.8 Å². The predicted octanol–water partition coefficient (Wildman–Crippen LogP) is 4.21. The third-order valence-electron chi connectivity index (χ3n) is 3.53. The lowest BCUT2D eigenvalue weighted by Crippen LogP contribution is -2.35. The molecule has 1 atom stereocenters. The first-order valence-corrected chi connectivity index (χ1v) is 7.63. The number of aliphatic hydroxyl groups excluding tert-OH is 1. The molecule has 108 valence electrons. The SMILES string of the molecule is CC(C)(C)C(CCO)Nc1nccc2c(Br)cccc12. The van der Waals surface area contributed by atoms with Crippen molar-refractivity contribution < 1.29 is 5.11 Å². The summed E-state index contributed by atoms with van der Waals surface area (Å²) in [5.41, 5.74) is 0.0542. The van der Waals surface area contributed by atoms with E-state index in [1.54, 1.807) is 0 Å². The van der Waals surface area contributed by atoms with Crippen molar-refractivity contribution in [2.45, 2.75) is 33.2 Å². The van der Waals surface area contributed by atoms with Crippen LogP contribution in [0.5, 0.6) is 0 Å². The smallest absolute Gasteiger partial charge is 0.134 e. The van der Waals surface area contributed by atoms with Gasteiger partial charge in [-0.15, -0.1) is 0 Å². The molecule has 1 unspecified atom stereocenters. The van der Waals surface area contributed by atoms with Crippen LogP contribution in [-0.4, -0.2) is 22.7 Å². The first kappa shape index (κ1) is 15.3. The van der Waals surface area contributed by atoms with Crippen molar-refractivity contribution in [3.8, 4) is 0 Å². The molecule has 0 aliphatic rings. The van der Waals surface area contributed by atoms with E-state index < -0.39 is 0 Å². The van der Waals surface area contributed by atoms with Crippen LogP contribution in [0.15, 0.2) is 34.9 Å². The van der Waals surface area contributed by atoms with Crippen LogP contribution in [-0.2, 0) is 0 Å². The van der Waals surface area contributed by atoms with Crippen molar-refractivity contribution >= 4 is 32.5 Å². The van der Waals surface area contributed by atoms with Gasteiger partial charge in [-0.05, 0) is 24.0 Å². The Bertz CT molecular complexity index is 593. The van der Waals surface area contributed by atoms with E-state index in [2.05, 4.69) is 53.1 Å². The molecule has 0 saturated heterocycles. The number of benzene rings is 1. The van der Waals surface area contributed by atoms with Gasteiger partial charge in [-0.1, -0.05) is 48.8 Å². The monoisotopic (exact) mass is 336 g/mol. The second kappa shape index (κ2) is 6.10. The van der Waals surface area contributed by atoms with E-state index in [1.807, 2.05) is 24.4 Å². The van der Waals surface area contributed by atoms with Gasteiger partial charge in [0.05, 0.1) is 0 Å². The predicted molar refractivity (Wildman–Crippen MR) is 88.0 cm³/mol. The minimum Gasteiger partial charge on any atom is -0.396 e. The second-order valence-corrected chi connectivity index (χ2v) is 6.92. The van der Waals surface area contributed by atoms with Gasteiger partial charge in [0.1, 0.15) is 5.82 Å². The maximum atomic E-state index is 9.27. The summed E-state index contributed by atoms with van der Waals surface area (Å²) in [5.74, 6) is 0.872. The number of halogens is 1. The zero-order valence-electron chi connectivity index (χ0n) is 12.2. The van der Waals surface area contributed by atoms with Gasteiger partial charge in [0.25, 0.3) is 0 Å². The van der Waals surface area contributed by atoms with Gasteiger partial charge in [-0.2, -0.15) is 0 Å². The summed E-state index contributed by atoms with van der Waals surface area (Å²) in [6.07, 6.45) is 2.52. The first-order chi connectivity index (χ1) is 9.43. The topological polar surface area (TPSA) is 45.1 Å². The molecule has 0 radical (unpaired) electrons. The van der Waals surface area contributed by atoms with Crippen LogP contribution in [0.2, 0.25) is 0 Å². The Labute approximate surface area is 128 Å². The largest absolute Gasteiger partial charge is 0.396 e. The quantitative estimate of drug-likeness (QED) is 0.879. The van der Waals surface area contributed by atoms with Crippen molar-refractivity contribution in [2.24, 2.45) is 5.41 Å². The maximum absolute atomic E-state index is 9.27. The summed E-state index contributed by atoms with van der Waals surface area (Å²) in [6, 6.07) is 8.28. The summed E-state index contributed by atoms with van der Waals surface area (Å²) in [5, 5.41) is 15.0. The molecule has 0 fully saturated rings. The average Bonchev–Trinajstić information content (AvgIpc) is 2.38. The molecule has 0 saturated carbocycles. The number of aliphatic hydroxyl groups is 1. The van der Waals surface area contributed by atoms with Crippen molar-refractivity contribution in [2.75, 3.05) is 11.9 Å². The molecule has 2 N–H and O–H groups in total. The van der Waals surface area contributed by atoms with Gasteiger partial charge in [0.2, 0.25) is 0 Å². The molecule has 2 rings (SSSR count). The molecular formula is C16H21BrN2O. The fourth-order valence-electron chi connectivity index (χ4n) is 2.30. The normalized spacial score (nSPS) is 13.4. The maximum Gasteiger partial charge on any atom is 0.134 e. The highest BCUT2D eigenvalue weighted by molar-refractivity contribution is 9.10. The Morgan fingerprint density at radius 3 is 2.65 bits per heavy atom. The minimum atomic E-state index is 0.0542. The average molecular weight is 337 g/mol. The van der Waals surface area contributed by atoms with Crippen LogP contribution in [0.3, 0.4) is 0 Å². The molecule has 0 bridgehead atoms. The van der Waals surface area contributed by atoms with Crippen LogP contribution in [0, 0.1) is 5.41 Å². The zero-order chi connectivity index (χ0) is 14.8. The van der Waals surface area contributed by atoms with E-state index in [0.717, 1.165) is 21.1 Å². The summed E-state index contributed by atoms with van der Waals surface area (Å²) in [6.45, 7) is 6.67. The molecule has 1 aromatic heterocycles. The van der Waals surface area contributed by atoms with E-state index >= 15 is 0 Å². The zero-order valence-corrected chi connectivity index (χ0v) is 13.7. The lowest BCUT2D eigenvalue weighted by Gasteiger charge is -2.32. The summed E-state index contributed by atoms with van der Waals surface area (Å²) >= 11 is 3.57. The Hall–Kier alpha value is -1.13. The van der Waals surface area contributed by atoms with Gasteiger partial charge in [-0.25, -0.2) is 4.98 Å². The fraction of sp³-hybridized carbons (Fsp3) is 0.438. The highest BCUT2D eigenvalue weighted by Gasteiger charge is 2.24. The third kappa shape index (κ3) is 3.30. The number of rotatable bonds is 4. The standard InChI is InChI=1S/C16H21BrN2O/c1-16(2,3)14(8-10-20)19-15-12-5-4-6-13(17)11(12)7-9-18-15/h4-7,9,14,20H,8,10H2,1-3H3,(H,18,19). The van der Waals surface area contributed by atoms with Gasteiger partial charge in [0, 0.05) is 34.1 Å². The number of nitrogens with one attached hydrogen (secondary N) is 1. The molecule has 0 aliphatic heterocycles. The molecule has 3 nitrogen and oxygen atoms in total. The van der Waals surface area contributed by atoms with Gasteiger partial charge in [0.15, 0.2) is 0 Å². The summed E-state index contributed by atoms with van der Waals surface area (Å²) < 4.78 is 1.06. The fourth-order valence-corrected chi connectivity index (χ4v) is 2.80. The number of nitrogens with zero attached hydrogens (tertiary/aromatic N) is 1. The summed E-state index contributed by atoms with van der Waals surface area (Å²) in [7, 11) is 0. The number of anilines is 1. The van der Waals surface area contributed by atoms with E-state index in [-0.39, 0.29) is 18.1 Å². The molecule has 0 aliphatic carbocycles. The van der Waals surface area contributed by atoms with Crippen molar-refractivity contribution in [1.82, 2.24) is 4.98 Å². The van der Waals surface area contributed by atoms with E-state index in [9.17, 15) is 5.11 Å². The molecule has 0 spiro atoms. The Kier molecular flexibility index (Phi) is 4.66. The van der Waals surface area contributed by atoms with Gasteiger partial charge in [-0.3, -0.25) is 0 Å². The molecular weight excluding hydrogens is 316 g/mol. The van der Waals surface area contributed by atoms with E-state index in [4.69, 9.17) is 0 Å². The number of hydrogen-bond acceptors (Lipinski definition) is 3. The summed E-state index contributed by atoms with van der Waals surface area (Å²) in [4.78, 5) is 4.47. The second-order valence-electron chi connectivity index (χ2n) is 6.07. The lowest BCUT2D eigenvalue weighted by atomic mass is 9.85. The van der Waals surface area contributed by atoms with Crippen LogP contribution in [0.1, 0.15) is 27.2 Å². The Balaban J connectivity index is 2.40.